The van der Waals surface area contributed by atoms with Crippen LogP contribution >= 0.6 is 0 Å². The zero-order chi connectivity index (χ0) is 6.69. The first-order valence-electron chi connectivity index (χ1n) is 3.07. The van der Waals surface area contributed by atoms with Gasteiger partial charge in [0.1, 0.15) is 6.61 Å². The summed E-state index contributed by atoms with van der Waals surface area (Å²) in [6, 6.07) is 0. The molecular weight excluding hydrogens is 118 g/mol. The average Bonchev–Trinajstić information content (AvgIpc) is 1.60. The molecule has 52 valence electrons. The predicted molar refractivity (Wildman–Crippen MR) is 33.2 cm³/mol. The number of methoxy groups -OCH3 is 1. The molecule has 1 N–H and O–H groups in total. The SMILES string of the molecule is COCC(=O)C1CNC1. The molecule has 0 saturated carbocycles. The molecule has 3 heteroatoms. The van der Waals surface area contributed by atoms with Crippen molar-refractivity contribution < 1.29 is 9.53 Å². The second kappa shape index (κ2) is 2.94. The summed E-state index contributed by atoms with van der Waals surface area (Å²) in [7, 11) is 1.55. The fourth-order valence-electron chi connectivity index (χ4n) is 0.776. The maximum Gasteiger partial charge on any atom is 0.164 e. The molecule has 9 heavy (non-hydrogen) atoms. The van der Waals surface area contributed by atoms with Crippen LogP contribution in [-0.4, -0.2) is 32.6 Å². The molecule has 0 unspecified atom stereocenters. The largest absolute Gasteiger partial charge is 0.377 e. The molecule has 0 bridgehead atoms. The third-order valence-electron chi connectivity index (χ3n) is 1.52. The maximum atomic E-state index is 10.9. The summed E-state index contributed by atoms with van der Waals surface area (Å²) in [5.74, 6) is 0.446. The first-order chi connectivity index (χ1) is 4.34. The van der Waals surface area contributed by atoms with Crippen molar-refractivity contribution in [3.63, 3.8) is 0 Å². The van der Waals surface area contributed by atoms with Gasteiger partial charge in [0.05, 0.1) is 0 Å². The van der Waals surface area contributed by atoms with Crippen LogP contribution in [0.15, 0.2) is 0 Å². The minimum absolute atomic E-state index is 0.219. The van der Waals surface area contributed by atoms with Gasteiger partial charge in [-0.1, -0.05) is 0 Å². The zero-order valence-electron chi connectivity index (χ0n) is 5.52. The van der Waals surface area contributed by atoms with Crippen molar-refractivity contribution in [1.29, 1.82) is 0 Å². The summed E-state index contributed by atoms with van der Waals surface area (Å²) in [6.45, 7) is 1.94. The second-order valence-electron chi connectivity index (χ2n) is 2.25. The molecular formula is C6H11NO2. The van der Waals surface area contributed by atoms with Gasteiger partial charge in [-0.3, -0.25) is 4.79 Å². The zero-order valence-corrected chi connectivity index (χ0v) is 5.52. The number of ketones is 1. The Morgan fingerprint density at radius 2 is 2.44 bits per heavy atom. The lowest BCUT2D eigenvalue weighted by atomic mass is 9.99. The van der Waals surface area contributed by atoms with Crippen LogP contribution in [0.25, 0.3) is 0 Å². The predicted octanol–water partition coefficient (Wildman–Crippen LogP) is -0.579. The van der Waals surface area contributed by atoms with Crippen molar-refractivity contribution in [1.82, 2.24) is 5.32 Å². The van der Waals surface area contributed by atoms with Gasteiger partial charge in [0.2, 0.25) is 0 Å². The minimum Gasteiger partial charge on any atom is -0.377 e. The summed E-state index contributed by atoms with van der Waals surface area (Å²) in [5.41, 5.74) is 0. The molecule has 3 nitrogen and oxygen atoms in total. The van der Waals surface area contributed by atoms with E-state index in [4.69, 9.17) is 0 Å². The normalized spacial score (nSPS) is 19.2. The van der Waals surface area contributed by atoms with Gasteiger partial charge in [-0.15, -0.1) is 0 Å². The molecule has 1 fully saturated rings. The molecule has 1 aliphatic rings. The van der Waals surface area contributed by atoms with Gasteiger partial charge < -0.3 is 10.1 Å². The van der Waals surface area contributed by atoms with Gasteiger partial charge >= 0.3 is 0 Å². The van der Waals surface area contributed by atoms with E-state index in [2.05, 4.69) is 10.1 Å². The highest BCUT2D eigenvalue weighted by molar-refractivity contribution is 5.83. The molecule has 0 aromatic heterocycles. The van der Waals surface area contributed by atoms with Gasteiger partial charge in [0, 0.05) is 26.1 Å². The standard InChI is InChI=1S/C6H11NO2/c1-9-4-6(8)5-2-7-3-5/h5,7H,2-4H2,1H3. The monoisotopic (exact) mass is 129 g/mol. The fourth-order valence-corrected chi connectivity index (χ4v) is 0.776. The molecule has 1 saturated heterocycles. The van der Waals surface area contributed by atoms with Crippen LogP contribution in [-0.2, 0) is 9.53 Å². The molecule has 0 amide bonds. The number of hydrogen-bond donors (Lipinski definition) is 1. The van der Waals surface area contributed by atoms with E-state index in [1.165, 1.54) is 0 Å². The summed E-state index contributed by atoms with van der Waals surface area (Å²) in [4.78, 5) is 10.9. The van der Waals surface area contributed by atoms with Gasteiger partial charge in [-0.2, -0.15) is 0 Å². The van der Waals surface area contributed by atoms with Crippen molar-refractivity contribution in [2.45, 2.75) is 0 Å². The van der Waals surface area contributed by atoms with Crippen LogP contribution in [0.4, 0.5) is 0 Å². The molecule has 0 spiro atoms. The molecule has 0 aromatic rings. The third-order valence-corrected chi connectivity index (χ3v) is 1.52. The summed E-state index contributed by atoms with van der Waals surface area (Å²) < 4.78 is 4.68. The number of Topliss-reactive ketones (excluding diaryl/α,β-unsaturated/α-hetero) is 1. The second-order valence-corrected chi connectivity index (χ2v) is 2.25. The smallest absolute Gasteiger partial charge is 0.164 e. The Morgan fingerprint density at radius 3 is 2.78 bits per heavy atom. The van der Waals surface area contributed by atoms with E-state index in [1.807, 2.05) is 0 Å². The quantitative estimate of drug-likeness (QED) is 0.554. The Bertz CT molecular complexity index is 110. The van der Waals surface area contributed by atoms with Crippen LogP contribution in [0.3, 0.4) is 0 Å². The maximum absolute atomic E-state index is 10.9. The van der Waals surface area contributed by atoms with Crippen molar-refractivity contribution in [2.24, 2.45) is 5.92 Å². The van der Waals surface area contributed by atoms with Gasteiger partial charge in [0.15, 0.2) is 5.78 Å². The van der Waals surface area contributed by atoms with Crippen LogP contribution < -0.4 is 5.32 Å². The molecule has 0 aromatic carbocycles. The number of ether oxygens (including phenoxy) is 1. The van der Waals surface area contributed by atoms with E-state index in [1.54, 1.807) is 7.11 Å². The van der Waals surface area contributed by atoms with E-state index in [-0.39, 0.29) is 18.3 Å². The molecule has 1 heterocycles. The van der Waals surface area contributed by atoms with E-state index in [0.29, 0.717) is 0 Å². The van der Waals surface area contributed by atoms with E-state index in [0.717, 1.165) is 13.1 Å². The summed E-state index contributed by atoms with van der Waals surface area (Å²) >= 11 is 0. The van der Waals surface area contributed by atoms with Crippen LogP contribution in [0.2, 0.25) is 0 Å². The minimum atomic E-state index is 0.219. The van der Waals surface area contributed by atoms with E-state index >= 15 is 0 Å². The van der Waals surface area contributed by atoms with Crippen molar-refractivity contribution in [3.8, 4) is 0 Å². The van der Waals surface area contributed by atoms with E-state index in [9.17, 15) is 4.79 Å². The highest BCUT2D eigenvalue weighted by Gasteiger charge is 2.23. The summed E-state index contributed by atoms with van der Waals surface area (Å²) in [5, 5.41) is 3.02. The number of carbonyl (C=O) groups excluding carboxylic acids is 1. The first-order valence-corrected chi connectivity index (χ1v) is 3.07. The lowest BCUT2D eigenvalue weighted by molar-refractivity contribution is -0.127. The van der Waals surface area contributed by atoms with Crippen LogP contribution in [0.1, 0.15) is 0 Å². The number of rotatable bonds is 3. The van der Waals surface area contributed by atoms with Crippen LogP contribution in [0.5, 0.6) is 0 Å². The summed E-state index contributed by atoms with van der Waals surface area (Å²) in [6.07, 6.45) is 0. The molecule has 0 atom stereocenters. The Morgan fingerprint density at radius 1 is 1.78 bits per heavy atom. The highest BCUT2D eigenvalue weighted by Crippen LogP contribution is 2.03. The van der Waals surface area contributed by atoms with E-state index < -0.39 is 0 Å². The lowest BCUT2D eigenvalue weighted by Gasteiger charge is -2.24. The van der Waals surface area contributed by atoms with Gasteiger partial charge in [0.25, 0.3) is 0 Å². The van der Waals surface area contributed by atoms with Gasteiger partial charge in [-0.05, 0) is 0 Å². The lowest BCUT2D eigenvalue weighted by Crippen LogP contribution is -2.47. The molecule has 0 radical (unpaired) electrons. The number of hydrogen-bond acceptors (Lipinski definition) is 3. The Balaban J connectivity index is 2.16. The fraction of sp³-hybridized carbons (Fsp3) is 0.833. The molecule has 1 rings (SSSR count). The van der Waals surface area contributed by atoms with Crippen molar-refractivity contribution in [2.75, 3.05) is 26.8 Å². The molecule has 0 aliphatic carbocycles. The highest BCUT2D eigenvalue weighted by atomic mass is 16.5. The van der Waals surface area contributed by atoms with Crippen molar-refractivity contribution in [3.05, 3.63) is 0 Å². The Kier molecular flexibility index (Phi) is 2.19. The van der Waals surface area contributed by atoms with Crippen molar-refractivity contribution >= 4 is 5.78 Å². The third kappa shape index (κ3) is 1.50. The number of carbonyl (C=O) groups is 1. The van der Waals surface area contributed by atoms with Gasteiger partial charge in [-0.25, -0.2) is 0 Å². The topological polar surface area (TPSA) is 38.3 Å². The first kappa shape index (κ1) is 6.71. The number of nitrogens with one attached hydrogen (secondary N) is 1. The Labute approximate surface area is 54.4 Å². The Hall–Kier alpha value is -0.410. The van der Waals surface area contributed by atoms with Crippen LogP contribution in [0, 0.1) is 5.92 Å². The molecule has 1 aliphatic heterocycles. The average molecular weight is 129 g/mol.